The van der Waals surface area contributed by atoms with Gasteiger partial charge in [0.2, 0.25) is 0 Å². The number of rotatable bonds is 8. The van der Waals surface area contributed by atoms with Crippen LogP contribution in [-0.2, 0) is 10.0 Å². The van der Waals surface area contributed by atoms with E-state index in [4.69, 9.17) is 11.6 Å². The van der Waals surface area contributed by atoms with E-state index in [1.54, 1.807) is 6.92 Å². The molecule has 0 fully saturated rings. The van der Waals surface area contributed by atoms with Gasteiger partial charge in [-0.2, -0.15) is 0 Å². The Bertz CT molecular complexity index is 500. The van der Waals surface area contributed by atoms with Gasteiger partial charge >= 0.3 is 0 Å². The fourth-order valence-electron chi connectivity index (χ4n) is 1.85. The number of unbranched alkanes of at least 4 members (excludes halogenated alkanes) is 3. The molecule has 0 saturated carbocycles. The van der Waals surface area contributed by atoms with Crippen molar-refractivity contribution in [3.63, 3.8) is 0 Å². The second-order valence-electron chi connectivity index (χ2n) is 4.71. The molecule has 4 nitrogen and oxygen atoms in total. The Morgan fingerprint density at radius 2 is 2.05 bits per heavy atom. The van der Waals surface area contributed by atoms with Crippen molar-refractivity contribution in [3.8, 4) is 0 Å². The average molecular weight is 325 g/mol. The second kappa shape index (κ2) is 7.57. The molecule has 0 saturated heterocycles. The summed E-state index contributed by atoms with van der Waals surface area (Å²) in [5, 5.41) is 0. The highest BCUT2D eigenvalue weighted by Crippen LogP contribution is 2.26. The van der Waals surface area contributed by atoms with Gasteiger partial charge < -0.3 is 0 Å². The standard InChI is InChI=1S/C12H21ClN2O2S2/c1-4-5-6-7-8-9(2)15-19(16,17)11-10(3)14-12(13)18-11/h9,15H,4-8H2,1-3H3. The Hall–Kier alpha value is -0.170. The minimum atomic E-state index is -3.49. The van der Waals surface area contributed by atoms with E-state index in [1.807, 2.05) is 6.92 Å². The summed E-state index contributed by atoms with van der Waals surface area (Å²) in [5.41, 5.74) is 0.459. The number of nitrogens with one attached hydrogen (secondary N) is 1. The number of hydrogen-bond acceptors (Lipinski definition) is 4. The molecule has 0 radical (unpaired) electrons. The third-order valence-corrected chi connectivity index (χ3v) is 6.28. The van der Waals surface area contributed by atoms with Crippen LogP contribution in [0.3, 0.4) is 0 Å². The lowest BCUT2D eigenvalue weighted by atomic mass is 10.1. The molecule has 0 aliphatic heterocycles. The Labute approximate surface area is 124 Å². The van der Waals surface area contributed by atoms with Crippen molar-refractivity contribution < 1.29 is 8.42 Å². The topological polar surface area (TPSA) is 59.1 Å². The van der Waals surface area contributed by atoms with E-state index in [-0.39, 0.29) is 14.7 Å². The van der Waals surface area contributed by atoms with E-state index < -0.39 is 10.0 Å². The lowest BCUT2D eigenvalue weighted by molar-refractivity contribution is 0.522. The van der Waals surface area contributed by atoms with Crippen molar-refractivity contribution in [2.24, 2.45) is 0 Å². The van der Waals surface area contributed by atoms with E-state index >= 15 is 0 Å². The number of halogens is 1. The minimum Gasteiger partial charge on any atom is -0.229 e. The molecule has 0 aliphatic rings. The minimum absolute atomic E-state index is 0.0675. The fourth-order valence-corrected chi connectivity index (χ4v) is 4.89. The SMILES string of the molecule is CCCCCCC(C)NS(=O)(=O)c1sc(Cl)nc1C. The molecule has 0 spiro atoms. The maximum Gasteiger partial charge on any atom is 0.252 e. The molecule has 1 atom stereocenters. The third-order valence-electron chi connectivity index (χ3n) is 2.82. The third kappa shape index (κ3) is 5.38. The van der Waals surface area contributed by atoms with Gasteiger partial charge in [-0.05, 0) is 20.3 Å². The summed E-state index contributed by atoms with van der Waals surface area (Å²) in [6, 6.07) is -0.0675. The van der Waals surface area contributed by atoms with Gasteiger partial charge in [0.25, 0.3) is 10.0 Å². The smallest absolute Gasteiger partial charge is 0.229 e. The summed E-state index contributed by atoms with van der Waals surface area (Å²) in [5.74, 6) is 0. The Balaban J connectivity index is 2.57. The van der Waals surface area contributed by atoms with Gasteiger partial charge in [0.1, 0.15) is 0 Å². The summed E-state index contributed by atoms with van der Waals surface area (Å²) in [4.78, 5) is 3.94. The molecule has 7 heteroatoms. The summed E-state index contributed by atoms with van der Waals surface area (Å²) in [6.07, 6.45) is 5.42. The molecule has 0 aliphatic carbocycles. The number of aryl methyl sites for hydroxylation is 1. The van der Waals surface area contributed by atoms with Crippen LogP contribution in [0.25, 0.3) is 0 Å². The van der Waals surface area contributed by atoms with Crippen molar-refractivity contribution in [1.82, 2.24) is 9.71 Å². The first kappa shape index (κ1) is 16.9. The van der Waals surface area contributed by atoms with Crippen molar-refractivity contribution >= 4 is 33.0 Å². The summed E-state index contributed by atoms with van der Waals surface area (Å²) >= 11 is 6.74. The molecule has 0 bridgehead atoms. The van der Waals surface area contributed by atoms with Crippen molar-refractivity contribution in [3.05, 3.63) is 10.2 Å². The van der Waals surface area contributed by atoms with Gasteiger partial charge in [-0.15, -0.1) is 0 Å². The Morgan fingerprint density at radius 1 is 1.37 bits per heavy atom. The van der Waals surface area contributed by atoms with Crippen LogP contribution in [0.4, 0.5) is 0 Å². The number of nitrogens with zero attached hydrogens (tertiary/aromatic N) is 1. The molecule has 0 amide bonds. The predicted molar refractivity (Wildman–Crippen MR) is 80.4 cm³/mol. The maximum atomic E-state index is 12.2. The van der Waals surface area contributed by atoms with Crippen molar-refractivity contribution in [2.45, 2.75) is 63.1 Å². The highest BCUT2D eigenvalue weighted by atomic mass is 35.5. The van der Waals surface area contributed by atoms with Gasteiger partial charge in [-0.3, -0.25) is 0 Å². The molecule has 1 aromatic rings. The normalized spacial score (nSPS) is 13.7. The molecule has 1 aromatic heterocycles. The van der Waals surface area contributed by atoms with Crippen LogP contribution in [0, 0.1) is 6.92 Å². The number of aromatic nitrogens is 1. The summed E-state index contributed by atoms with van der Waals surface area (Å²) in [6.45, 7) is 5.70. The number of sulfonamides is 1. The van der Waals surface area contributed by atoms with Gasteiger partial charge in [0.15, 0.2) is 8.68 Å². The molecule has 1 N–H and O–H groups in total. The van der Waals surface area contributed by atoms with Gasteiger partial charge in [0.05, 0.1) is 5.69 Å². The lowest BCUT2D eigenvalue weighted by Gasteiger charge is -2.13. The molecule has 19 heavy (non-hydrogen) atoms. The quantitative estimate of drug-likeness (QED) is 0.741. The zero-order valence-electron chi connectivity index (χ0n) is 11.6. The van der Waals surface area contributed by atoms with E-state index in [0.29, 0.717) is 5.69 Å². The van der Waals surface area contributed by atoms with E-state index in [2.05, 4.69) is 16.6 Å². The van der Waals surface area contributed by atoms with Crippen LogP contribution in [-0.4, -0.2) is 19.4 Å². The first-order valence-corrected chi connectivity index (χ1v) is 9.20. The van der Waals surface area contributed by atoms with Gasteiger partial charge in [0, 0.05) is 6.04 Å². The largest absolute Gasteiger partial charge is 0.252 e. The highest BCUT2D eigenvalue weighted by Gasteiger charge is 2.23. The fraction of sp³-hybridized carbons (Fsp3) is 0.750. The maximum absolute atomic E-state index is 12.2. The first-order valence-electron chi connectivity index (χ1n) is 6.52. The van der Waals surface area contributed by atoms with Crippen LogP contribution in [0.2, 0.25) is 4.47 Å². The molecule has 1 heterocycles. The van der Waals surface area contributed by atoms with E-state index in [1.165, 1.54) is 12.8 Å². The average Bonchev–Trinajstić information content (AvgIpc) is 2.64. The van der Waals surface area contributed by atoms with Crippen molar-refractivity contribution in [1.29, 1.82) is 0 Å². The lowest BCUT2D eigenvalue weighted by Crippen LogP contribution is -2.32. The molecular weight excluding hydrogens is 304 g/mol. The molecule has 1 rings (SSSR count). The second-order valence-corrected chi connectivity index (χ2v) is 8.20. The first-order chi connectivity index (χ1) is 8.86. The molecule has 110 valence electrons. The summed E-state index contributed by atoms with van der Waals surface area (Å²) < 4.78 is 27.5. The van der Waals surface area contributed by atoms with Crippen LogP contribution < -0.4 is 4.72 Å². The molecule has 1 unspecified atom stereocenters. The van der Waals surface area contributed by atoms with Crippen LogP contribution in [0.15, 0.2) is 4.21 Å². The molecular formula is C12H21ClN2O2S2. The number of hydrogen-bond donors (Lipinski definition) is 1. The summed E-state index contributed by atoms with van der Waals surface area (Å²) in [7, 11) is -3.49. The van der Waals surface area contributed by atoms with Crippen LogP contribution in [0.1, 0.15) is 51.6 Å². The van der Waals surface area contributed by atoms with Crippen LogP contribution >= 0.6 is 22.9 Å². The predicted octanol–water partition coefficient (Wildman–Crippen LogP) is 3.74. The monoisotopic (exact) mass is 324 g/mol. The zero-order chi connectivity index (χ0) is 14.5. The van der Waals surface area contributed by atoms with E-state index in [9.17, 15) is 8.42 Å². The zero-order valence-corrected chi connectivity index (χ0v) is 14.0. The number of thiazole rings is 1. The van der Waals surface area contributed by atoms with E-state index in [0.717, 1.165) is 30.6 Å². The Kier molecular flexibility index (Phi) is 6.73. The van der Waals surface area contributed by atoms with Gasteiger partial charge in [-0.1, -0.05) is 55.5 Å². The Morgan fingerprint density at radius 3 is 2.58 bits per heavy atom. The van der Waals surface area contributed by atoms with Crippen LogP contribution in [0.5, 0.6) is 0 Å². The van der Waals surface area contributed by atoms with Crippen molar-refractivity contribution in [2.75, 3.05) is 0 Å². The molecule has 0 aromatic carbocycles. The highest BCUT2D eigenvalue weighted by molar-refractivity contribution is 7.91. The van der Waals surface area contributed by atoms with Gasteiger partial charge in [-0.25, -0.2) is 18.1 Å².